The maximum atomic E-state index is 10.7. The molecule has 0 aliphatic rings. The Kier molecular flexibility index (Phi) is 2.73. The summed E-state index contributed by atoms with van der Waals surface area (Å²) in [5.74, 6) is 0.247. The van der Waals surface area contributed by atoms with Crippen molar-refractivity contribution in [3.05, 3.63) is 12.2 Å². The number of carbonyl (C=O) groups excluding carboxylic acids is 1. The summed E-state index contributed by atoms with van der Waals surface area (Å²) in [4.78, 5) is 14.5. The zero-order valence-electron chi connectivity index (χ0n) is 8.35. The van der Waals surface area contributed by atoms with Crippen molar-refractivity contribution >= 4 is 6.09 Å². The average Bonchev–Trinajstić information content (AvgIpc) is 2.49. The van der Waals surface area contributed by atoms with Crippen molar-refractivity contribution < 1.29 is 14.1 Å². The molecule has 0 aliphatic heterocycles. The molecule has 14 heavy (non-hydrogen) atoms. The maximum Gasteiger partial charge on any atom is 0.405 e. The van der Waals surface area contributed by atoms with E-state index in [2.05, 4.69) is 10.1 Å². The molecule has 1 amide bonds. The van der Waals surface area contributed by atoms with Gasteiger partial charge in [0, 0.05) is 5.41 Å². The van der Waals surface area contributed by atoms with Gasteiger partial charge in [0.2, 0.25) is 0 Å². The Labute approximate surface area is 81.4 Å². The molecule has 0 radical (unpaired) electrons. The summed E-state index contributed by atoms with van der Waals surface area (Å²) in [6.45, 7) is 5.64. The summed E-state index contributed by atoms with van der Waals surface area (Å²) in [6, 6.07) is 0. The average molecular weight is 199 g/mol. The standard InChI is InChI=1S/C8H13N3O3/c1-8(2,3)5(13-7(9)12)6-10-4-11-14-6/h4-5H,1-3H3,(H2,9,12). The number of amides is 1. The van der Waals surface area contributed by atoms with Gasteiger partial charge in [0.15, 0.2) is 12.4 Å². The van der Waals surface area contributed by atoms with Crippen molar-refractivity contribution in [1.29, 1.82) is 0 Å². The van der Waals surface area contributed by atoms with E-state index in [1.807, 2.05) is 20.8 Å². The number of nitrogens with two attached hydrogens (primary N) is 1. The highest BCUT2D eigenvalue weighted by atomic mass is 16.6. The third-order valence-electron chi connectivity index (χ3n) is 1.62. The minimum absolute atomic E-state index is 0.247. The molecule has 2 N–H and O–H groups in total. The fourth-order valence-electron chi connectivity index (χ4n) is 1.01. The van der Waals surface area contributed by atoms with Gasteiger partial charge in [-0.15, -0.1) is 0 Å². The van der Waals surface area contributed by atoms with Gasteiger partial charge in [0.25, 0.3) is 5.89 Å². The molecule has 0 saturated heterocycles. The van der Waals surface area contributed by atoms with Crippen LogP contribution in [0.3, 0.4) is 0 Å². The molecule has 78 valence electrons. The predicted octanol–water partition coefficient (Wildman–Crippen LogP) is 1.25. The number of hydrogen-bond acceptors (Lipinski definition) is 5. The lowest BCUT2D eigenvalue weighted by Crippen LogP contribution is -2.27. The highest BCUT2D eigenvalue weighted by Gasteiger charge is 2.33. The van der Waals surface area contributed by atoms with Gasteiger partial charge in [-0.25, -0.2) is 4.79 Å². The van der Waals surface area contributed by atoms with Gasteiger partial charge in [-0.1, -0.05) is 25.9 Å². The largest absolute Gasteiger partial charge is 0.436 e. The number of carbonyl (C=O) groups is 1. The number of ether oxygens (including phenoxy) is 1. The van der Waals surface area contributed by atoms with Gasteiger partial charge < -0.3 is 15.0 Å². The van der Waals surface area contributed by atoms with Gasteiger partial charge in [-0.05, 0) is 0 Å². The van der Waals surface area contributed by atoms with Gasteiger partial charge in [-0.3, -0.25) is 0 Å². The number of primary amides is 1. The third kappa shape index (κ3) is 2.45. The van der Waals surface area contributed by atoms with Crippen LogP contribution in [0.2, 0.25) is 0 Å². The molecule has 1 aromatic rings. The van der Waals surface area contributed by atoms with Crippen LogP contribution in [0.5, 0.6) is 0 Å². The van der Waals surface area contributed by atoms with Crippen LogP contribution in [0.4, 0.5) is 4.79 Å². The molecule has 0 bridgehead atoms. The van der Waals surface area contributed by atoms with Gasteiger partial charge in [0.05, 0.1) is 0 Å². The normalized spacial score (nSPS) is 13.6. The molecule has 6 heteroatoms. The van der Waals surface area contributed by atoms with E-state index < -0.39 is 12.2 Å². The molecule has 0 spiro atoms. The number of rotatable bonds is 2. The summed E-state index contributed by atoms with van der Waals surface area (Å²) < 4.78 is 9.73. The van der Waals surface area contributed by atoms with Crippen molar-refractivity contribution in [3.63, 3.8) is 0 Å². The quantitative estimate of drug-likeness (QED) is 0.773. The van der Waals surface area contributed by atoms with Crippen LogP contribution < -0.4 is 5.73 Å². The Morgan fingerprint density at radius 1 is 1.64 bits per heavy atom. The second-order valence-corrected chi connectivity index (χ2v) is 3.96. The Balaban J connectivity index is 2.89. The first-order valence-electron chi connectivity index (χ1n) is 4.14. The maximum absolute atomic E-state index is 10.7. The first-order chi connectivity index (χ1) is 6.41. The molecule has 6 nitrogen and oxygen atoms in total. The molecule has 0 fully saturated rings. The predicted molar refractivity (Wildman–Crippen MR) is 47.2 cm³/mol. The molecule has 1 heterocycles. The summed E-state index contributed by atoms with van der Waals surface area (Å²) in [5.41, 5.74) is 4.60. The molecule has 0 aromatic carbocycles. The van der Waals surface area contributed by atoms with Crippen molar-refractivity contribution in [2.24, 2.45) is 11.1 Å². The summed E-state index contributed by atoms with van der Waals surface area (Å²) in [7, 11) is 0. The van der Waals surface area contributed by atoms with Crippen molar-refractivity contribution in [1.82, 2.24) is 10.1 Å². The number of aromatic nitrogens is 2. The Bertz CT molecular complexity index is 302. The van der Waals surface area contributed by atoms with Crippen molar-refractivity contribution in [2.45, 2.75) is 26.9 Å². The second kappa shape index (κ2) is 3.65. The topological polar surface area (TPSA) is 91.2 Å². The van der Waals surface area contributed by atoms with Crippen molar-refractivity contribution in [3.8, 4) is 0 Å². The Morgan fingerprint density at radius 2 is 2.29 bits per heavy atom. The third-order valence-corrected chi connectivity index (χ3v) is 1.62. The van der Waals surface area contributed by atoms with Crippen LogP contribution in [0.1, 0.15) is 32.8 Å². The molecule has 0 saturated carbocycles. The van der Waals surface area contributed by atoms with E-state index in [1.165, 1.54) is 6.33 Å². The zero-order valence-corrected chi connectivity index (χ0v) is 8.35. The minimum Gasteiger partial charge on any atom is -0.436 e. The van der Waals surface area contributed by atoms with E-state index in [9.17, 15) is 4.79 Å². The van der Waals surface area contributed by atoms with E-state index in [1.54, 1.807) is 0 Å². The fourth-order valence-corrected chi connectivity index (χ4v) is 1.01. The smallest absolute Gasteiger partial charge is 0.405 e. The Hall–Kier alpha value is -1.59. The molecule has 1 aromatic heterocycles. The summed E-state index contributed by atoms with van der Waals surface area (Å²) >= 11 is 0. The van der Waals surface area contributed by atoms with Crippen LogP contribution >= 0.6 is 0 Å². The molecule has 1 rings (SSSR count). The zero-order chi connectivity index (χ0) is 10.8. The second-order valence-electron chi connectivity index (χ2n) is 3.96. The van der Waals surface area contributed by atoms with Crippen molar-refractivity contribution in [2.75, 3.05) is 0 Å². The van der Waals surface area contributed by atoms with E-state index in [4.69, 9.17) is 15.0 Å². The first kappa shape index (κ1) is 10.5. The van der Waals surface area contributed by atoms with Crippen LogP contribution in [0.15, 0.2) is 10.9 Å². The van der Waals surface area contributed by atoms with Crippen LogP contribution in [-0.4, -0.2) is 16.2 Å². The van der Waals surface area contributed by atoms with Gasteiger partial charge in [0.1, 0.15) is 0 Å². The summed E-state index contributed by atoms with van der Waals surface area (Å²) in [5, 5.41) is 3.45. The Morgan fingerprint density at radius 3 is 2.64 bits per heavy atom. The highest BCUT2D eigenvalue weighted by molar-refractivity contribution is 5.64. The van der Waals surface area contributed by atoms with Crippen LogP contribution in [0.25, 0.3) is 0 Å². The van der Waals surface area contributed by atoms with Gasteiger partial charge in [-0.2, -0.15) is 4.98 Å². The monoisotopic (exact) mass is 199 g/mol. The van der Waals surface area contributed by atoms with Gasteiger partial charge >= 0.3 is 6.09 Å². The van der Waals surface area contributed by atoms with E-state index >= 15 is 0 Å². The molecule has 1 atom stereocenters. The molecular weight excluding hydrogens is 186 g/mol. The lowest BCUT2D eigenvalue weighted by Gasteiger charge is -2.26. The first-order valence-corrected chi connectivity index (χ1v) is 4.14. The van der Waals surface area contributed by atoms with E-state index in [0.717, 1.165) is 0 Å². The SMILES string of the molecule is CC(C)(C)C(OC(N)=O)c1ncno1. The van der Waals surface area contributed by atoms with E-state index in [-0.39, 0.29) is 11.3 Å². The lowest BCUT2D eigenvalue weighted by atomic mass is 9.89. The summed E-state index contributed by atoms with van der Waals surface area (Å²) in [6.07, 6.45) is -0.232. The molecule has 0 aliphatic carbocycles. The molecule has 1 unspecified atom stereocenters. The molecular formula is C8H13N3O3. The minimum atomic E-state index is -0.858. The van der Waals surface area contributed by atoms with Crippen LogP contribution in [-0.2, 0) is 4.74 Å². The lowest BCUT2D eigenvalue weighted by molar-refractivity contribution is 0.0142. The van der Waals surface area contributed by atoms with Crippen LogP contribution in [0, 0.1) is 5.41 Å². The fraction of sp³-hybridized carbons (Fsp3) is 0.625. The highest BCUT2D eigenvalue weighted by Crippen LogP contribution is 2.34. The van der Waals surface area contributed by atoms with E-state index in [0.29, 0.717) is 0 Å². The number of nitrogens with zero attached hydrogens (tertiary/aromatic N) is 2. The number of hydrogen-bond donors (Lipinski definition) is 1.